The molecule has 0 aliphatic heterocycles. The number of ether oxygens (including phenoxy) is 2. The zero-order valence-electron chi connectivity index (χ0n) is 9.43. The molecule has 0 aliphatic carbocycles. The minimum Gasteiger partial charge on any atom is -0.493 e. The average molecular weight is 256 g/mol. The summed E-state index contributed by atoms with van der Waals surface area (Å²) in [7, 11) is -1.09. The largest absolute Gasteiger partial charge is 0.493 e. The lowest BCUT2D eigenvalue weighted by Gasteiger charge is -2.12. The Morgan fingerprint density at radius 2 is 1.82 bits per heavy atom. The summed E-state index contributed by atoms with van der Waals surface area (Å²) >= 11 is 0. The maximum Gasteiger partial charge on any atom is 0.238 e. The third-order valence-corrected chi connectivity index (χ3v) is 3.14. The number of sulfonamides is 1. The number of nitrogens with two attached hydrogens (primary N) is 1. The molecule has 17 heavy (non-hydrogen) atoms. The van der Waals surface area contributed by atoms with E-state index in [0.29, 0.717) is 5.75 Å². The van der Waals surface area contributed by atoms with E-state index in [-0.39, 0.29) is 22.6 Å². The van der Waals surface area contributed by atoms with Crippen molar-refractivity contribution in [2.45, 2.75) is 11.3 Å². The van der Waals surface area contributed by atoms with Crippen LogP contribution in [0, 0.1) is 11.3 Å². The van der Waals surface area contributed by atoms with Crippen LogP contribution in [0.1, 0.15) is 5.56 Å². The van der Waals surface area contributed by atoms with Crippen molar-refractivity contribution in [1.82, 2.24) is 0 Å². The van der Waals surface area contributed by atoms with Gasteiger partial charge in [-0.25, -0.2) is 13.6 Å². The van der Waals surface area contributed by atoms with Gasteiger partial charge in [0, 0.05) is 6.07 Å². The number of primary sulfonamides is 1. The molecule has 0 unspecified atom stereocenters. The number of hydrogen-bond donors (Lipinski definition) is 1. The first-order valence-electron chi connectivity index (χ1n) is 4.58. The van der Waals surface area contributed by atoms with E-state index >= 15 is 0 Å². The third-order valence-electron chi connectivity index (χ3n) is 2.14. The van der Waals surface area contributed by atoms with Gasteiger partial charge >= 0.3 is 0 Å². The van der Waals surface area contributed by atoms with Crippen molar-refractivity contribution in [3.63, 3.8) is 0 Å². The van der Waals surface area contributed by atoms with Crippen molar-refractivity contribution < 1.29 is 17.9 Å². The number of rotatable bonds is 4. The molecule has 0 radical (unpaired) electrons. The first-order valence-corrected chi connectivity index (χ1v) is 6.13. The second-order valence-corrected chi connectivity index (χ2v) is 4.72. The Morgan fingerprint density at radius 1 is 1.29 bits per heavy atom. The number of benzene rings is 1. The van der Waals surface area contributed by atoms with Crippen LogP contribution in [0.3, 0.4) is 0 Å². The van der Waals surface area contributed by atoms with E-state index < -0.39 is 10.0 Å². The molecule has 0 atom stereocenters. The molecule has 7 heteroatoms. The van der Waals surface area contributed by atoms with Crippen LogP contribution in [0.25, 0.3) is 0 Å². The highest BCUT2D eigenvalue weighted by Gasteiger charge is 2.18. The summed E-state index contributed by atoms with van der Waals surface area (Å²) < 4.78 is 32.7. The van der Waals surface area contributed by atoms with Crippen LogP contribution < -0.4 is 14.6 Å². The number of methoxy groups -OCH3 is 2. The normalized spacial score (nSPS) is 10.7. The van der Waals surface area contributed by atoms with Crippen molar-refractivity contribution >= 4 is 10.0 Å². The van der Waals surface area contributed by atoms with E-state index in [1.807, 2.05) is 6.07 Å². The average Bonchev–Trinajstić information content (AvgIpc) is 2.27. The van der Waals surface area contributed by atoms with E-state index in [1.54, 1.807) is 0 Å². The van der Waals surface area contributed by atoms with Crippen molar-refractivity contribution in [3.05, 3.63) is 17.7 Å². The molecule has 92 valence electrons. The van der Waals surface area contributed by atoms with Gasteiger partial charge in [-0.3, -0.25) is 0 Å². The molecular formula is C10H12N2O4S. The summed E-state index contributed by atoms with van der Waals surface area (Å²) in [6.45, 7) is 0. The molecule has 0 amide bonds. The van der Waals surface area contributed by atoms with E-state index in [1.165, 1.54) is 26.4 Å². The number of hydrogen-bond acceptors (Lipinski definition) is 5. The van der Waals surface area contributed by atoms with Gasteiger partial charge in [-0.05, 0) is 11.6 Å². The summed E-state index contributed by atoms with van der Waals surface area (Å²) in [5.74, 6) is 0.600. The van der Waals surface area contributed by atoms with E-state index in [2.05, 4.69) is 0 Å². The second-order valence-electron chi connectivity index (χ2n) is 3.19. The fourth-order valence-electron chi connectivity index (χ4n) is 1.39. The molecule has 0 saturated heterocycles. The Kier molecular flexibility index (Phi) is 3.93. The van der Waals surface area contributed by atoms with E-state index in [0.717, 1.165) is 0 Å². The van der Waals surface area contributed by atoms with Gasteiger partial charge in [0.1, 0.15) is 0 Å². The van der Waals surface area contributed by atoms with Crippen LogP contribution in [0.5, 0.6) is 11.5 Å². The van der Waals surface area contributed by atoms with Crippen molar-refractivity contribution in [2.24, 2.45) is 5.14 Å². The molecule has 0 spiro atoms. The first kappa shape index (κ1) is 13.3. The highest BCUT2D eigenvalue weighted by atomic mass is 32.2. The van der Waals surface area contributed by atoms with Gasteiger partial charge < -0.3 is 9.47 Å². The van der Waals surface area contributed by atoms with Crippen molar-refractivity contribution in [2.75, 3.05) is 14.2 Å². The van der Waals surface area contributed by atoms with Crippen LogP contribution in [0.4, 0.5) is 0 Å². The number of nitrogens with zero attached hydrogens (tertiary/aromatic N) is 1. The van der Waals surface area contributed by atoms with Gasteiger partial charge in [0.25, 0.3) is 0 Å². The molecule has 1 rings (SSSR count). The minimum absolute atomic E-state index is 0.0773. The van der Waals surface area contributed by atoms with Crippen molar-refractivity contribution in [1.29, 1.82) is 5.26 Å². The molecular weight excluding hydrogens is 244 g/mol. The third kappa shape index (κ3) is 2.87. The molecule has 0 aromatic heterocycles. The van der Waals surface area contributed by atoms with Crippen LogP contribution >= 0.6 is 0 Å². The van der Waals surface area contributed by atoms with Gasteiger partial charge in [0.2, 0.25) is 10.0 Å². The molecule has 6 nitrogen and oxygen atoms in total. The van der Waals surface area contributed by atoms with Gasteiger partial charge in [-0.1, -0.05) is 0 Å². The van der Waals surface area contributed by atoms with Gasteiger partial charge in [0.05, 0.1) is 31.6 Å². The van der Waals surface area contributed by atoms with Gasteiger partial charge in [0.15, 0.2) is 11.5 Å². The lowest BCUT2D eigenvalue weighted by molar-refractivity contribution is 0.353. The lowest BCUT2D eigenvalue weighted by Crippen LogP contribution is -2.15. The summed E-state index contributed by atoms with van der Waals surface area (Å²) in [6.07, 6.45) is -0.0773. The summed E-state index contributed by atoms with van der Waals surface area (Å²) in [4.78, 5) is -0.128. The number of nitriles is 1. The fourth-order valence-corrected chi connectivity index (χ4v) is 2.16. The first-order chi connectivity index (χ1) is 7.93. The fraction of sp³-hybridized carbons (Fsp3) is 0.300. The standard InChI is InChI=1S/C10H12N2O4S/c1-15-8-5-7(3-4-11)10(17(12,13)14)6-9(8)16-2/h5-6H,3H2,1-2H3,(H2,12,13,14). The van der Waals surface area contributed by atoms with Crippen LogP contribution in [0.15, 0.2) is 17.0 Å². The molecule has 1 aromatic carbocycles. The van der Waals surface area contributed by atoms with Gasteiger partial charge in [-0.2, -0.15) is 5.26 Å². The predicted molar refractivity (Wildman–Crippen MR) is 60.2 cm³/mol. The zero-order chi connectivity index (χ0) is 13.1. The van der Waals surface area contributed by atoms with E-state index in [9.17, 15) is 8.42 Å². The van der Waals surface area contributed by atoms with E-state index in [4.69, 9.17) is 19.9 Å². The predicted octanol–water partition coefficient (Wildman–Crippen LogP) is 0.417. The van der Waals surface area contributed by atoms with Crippen LogP contribution in [-0.4, -0.2) is 22.6 Å². The van der Waals surface area contributed by atoms with Crippen LogP contribution in [0.2, 0.25) is 0 Å². The maximum absolute atomic E-state index is 11.4. The smallest absolute Gasteiger partial charge is 0.238 e. The topological polar surface area (TPSA) is 102 Å². The Bertz CT molecular complexity index is 560. The van der Waals surface area contributed by atoms with Crippen molar-refractivity contribution in [3.8, 4) is 17.6 Å². The highest BCUT2D eigenvalue weighted by Crippen LogP contribution is 2.32. The molecule has 0 saturated carbocycles. The summed E-state index contributed by atoms with van der Waals surface area (Å²) in [5, 5.41) is 13.7. The SMILES string of the molecule is COc1cc(CC#N)c(S(N)(=O)=O)cc1OC. The zero-order valence-corrected chi connectivity index (χ0v) is 10.2. The lowest BCUT2D eigenvalue weighted by atomic mass is 10.1. The van der Waals surface area contributed by atoms with Gasteiger partial charge in [-0.15, -0.1) is 0 Å². The molecule has 0 aliphatic rings. The summed E-state index contributed by atoms with van der Waals surface area (Å²) in [5.41, 5.74) is 0.285. The summed E-state index contributed by atoms with van der Waals surface area (Å²) in [6, 6.07) is 4.55. The van der Waals surface area contributed by atoms with Crippen LogP contribution in [-0.2, 0) is 16.4 Å². The second kappa shape index (κ2) is 5.03. The Balaban J connectivity index is 3.52. The minimum atomic E-state index is -3.90. The molecule has 0 fully saturated rings. The quantitative estimate of drug-likeness (QED) is 0.840. The molecule has 2 N–H and O–H groups in total. The molecule has 0 bridgehead atoms. The Morgan fingerprint density at radius 3 is 2.24 bits per heavy atom. The Labute approximate surface area is 99.6 Å². The molecule has 0 heterocycles. The molecule has 1 aromatic rings. The maximum atomic E-state index is 11.4. The highest BCUT2D eigenvalue weighted by molar-refractivity contribution is 7.89. The monoisotopic (exact) mass is 256 g/mol. The Hall–Kier alpha value is -1.78.